The summed E-state index contributed by atoms with van der Waals surface area (Å²) in [7, 11) is 1.58. The number of methoxy groups -OCH3 is 1. The molecule has 0 bridgehead atoms. The number of fused-ring (bicyclic) bond motifs is 1. The third kappa shape index (κ3) is 3.00. The van der Waals surface area contributed by atoms with Gasteiger partial charge in [0.15, 0.2) is 0 Å². The van der Waals surface area contributed by atoms with Crippen molar-refractivity contribution in [3.63, 3.8) is 0 Å². The summed E-state index contributed by atoms with van der Waals surface area (Å²) in [5.41, 5.74) is 6.14. The quantitative estimate of drug-likeness (QED) is 0.708. The summed E-state index contributed by atoms with van der Waals surface area (Å²) in [6, 6.07) is 3.71. The standard InChI is InChI=1S/C18H19BrN6O3/c1-28-14-8-24(17(27)18(9-20)2-3-18)7-12(14)23-15-11(16(21)26)5-22-25-6-10(19)4-13(15)25/h4-6,12,14,23H,2-3,7-8H2,1H3,(H2,21,26)/t12-,14-/m1/s1. The van der Waals surface area contributed by atoms with Crippen LogP contribution in [0.4, 0.5) is 5.69 Å². The minimum atomic E-state index is -0.873. The van der Waals surface area contributed by atoms with Gasteiger partial charge in [0.2, 0.25) is 5.91 Å². The molecule has 1 saturated heterocycles. The van der Waals surface area contributed by atoms with Crippen LogP contribution in [0.5, 0.6) is 0 Å². The van der Waals surface area contributed by atoms with Crippen molar-refractivity contribution in [2.75, 3.05) is 25.5 Å². The van der Waals surface area contributed by atoms with Crippen molar-refractivity contribution in [3.8, 4) is 6.07 Å². The van der Waals surface area contributed by atoms with Gasteiger partial charge in [-0.05, 0) is 34.8 Å². The summed E-state index contributed by atoms with van der Waals surface area (Å²) in [5.74, 6) is -0.752. The Balaban J connectivity index is 1.65. The summed E-state index contributed by atoms with van der Waals surface area (Å²) in [5, 5.41) is 16.9. The number of carbonyl (C=O) groups excluding carboxylic acids is 2. The highest BCUT2D eigenvalue weighted by atomic mass is 79.9. The van der Waals surface area contributed by atoms with E-state index in [9.17, 15) is 14.9 Å². The van der Waals surface area contributed by atoms with E-state index in [4.69, 9.17) is 10.5 Å². The fourth-order valence-electron chi connectivity index (χ4n) is 3.67. The lowest BCUT2D eigenvalue weighted by Crippen LogP contribution is -2.37. The normalized spacial score (nSPS) is 22.8. The first-order chi connectivity index (χ1) is 13.4. The molecule has 10 heteroatoms. The number of carbonyl (C=O) groups is 2. The van der Waals surface area contributed by atoms with Crippen molar-refractivity contribution < 1.29 is 14.3 Å². The molecule has 2 fully saturated rings. The number of nitrogens with one attached hydrogen (secondary N) is 1. The van der Waals surface area contributed by atoms with E-state index in [1.807, 2.05) is 6.07 Å². The molecule has 3 heterocycles. The molecule has 1 aliphatic carbocycles. The number of likely N-dealkylation sites (tertiary alicyclic amines) is 1. The molecule has 0 spiro atoms. The van der Waals surface area contributed by atoms with E-state index < -0.39 is 11.3 Å². The monoisotopic (exact) mass is 446 g/mol. The summed E-state index contributed by atoms with van der Waals surface area (Å²) >= 11 is 3.41. The van der Waals surface area contributed by atoms with Crippen LogP contribution >= 0.6 is 15.9 Å². The highest BCUT2D eigenvalue weighted by Gasteiger charge is 2.54. The Bertz CT molecular complexity index is 1010. The number of amides is 2. The number of aromatic nitrogens is 2. The molecule has 9 nitrogen and oxygen atoms in total. The topological polar surface area (TPSA) is 126 Å². The third-order valence-corrected chi connectivity index (χ3v) is 5.86. The first kappa shape index (κ1) is 18.7. The van der Waals surface area contributed by atoms with Crippen molar-refractivity contribution in [2.45, 2.75) is 25.0 Å². The fraction of sp³-hybridized carbons (Fsp3) is 0.444. The lowest BCUT2D eigenvalue weighted by atomic mass is 10.1. The largest absolute Gasteiger partial charge is 0.377 e. The predicted octanol–water partition coefficient (Wildman–Crippen LogP) is 1.14. The van der Waals surface area contributed by atoms with Crippen LogP contribution in [0.2, 0.25) is 0 Å². The first-order valence-corrected chi connectivity index (χ1v) is 9.64. The van der Waals surface area contributed by atoms with Crippen LogP contribution in [-0.4, -0.2) is 58.7 Å². The number of halogens is 1. The number of hydrogen-bond donors (Lipinski definition) is 2. The van der Waals surface area contributed by atoms with Crippen molar-refractivity contribution in [1.29, 1.82) is 5.26 Å². The fourth-order valence-corrected chi connectivity index (χ4v) is 4.08. The van der Waals surface area contributed by atoms with Gasteiger partial charge in [-0.2, -0.15) is 10.4 Å². The second-order valence-corrected chi connectivity index (χ2v) is 8.13. The Morgan fingerprint density at radius 1 is 1.46 bits per heavy atom. The molecule has 0 radical (unpaired) electrons. The maximum atomic E-state index is 12.7. The number of ether oxygens (including phenoxy) is 1. The van der Waals surface area contributed by atoms with Gasteiger partial charge >= 0.3 is 0 Å². The smallest absolute Gasteiger partial charge is 0.252 e. The van der Waals surface area contributed by atoms with Gasteiger partial charge in [-0.3, -0.25) is 9.59 Å². The molecule has 2 amide bonds. The van der Waals surface area contributed by atoms with Crippen LogP contribution in [0.3, 0.4) is 0 Å². The molecule has 3 N–H and O–H groups in total. The molecule has 28 heavy (non-hydrogen) atoms. The Labute approximate surface area is 169 Å². The van der Waals surface area contributed by atoms with Crippen molar-refractivity contribution in [3.05, 3.63) is 28.5 Å². The Morgan fingerprint density at radius 3 is 2.82 bits per heavy atom. The van der Waals surface area contributed by atoms with Crippen LogP contribution < -0.4 is 11.1 Å². The van der Waals surface area contributed by atoms with Crippen LogP contribution in [0.25, 0.3) is 5.52 Å². The average Bonchev–Trinajstić information content (AvgIpc) is 3.22. The van der Waals surface area contributed by atoms with Gasteiger partial charge in [-0.1, -0.05) is 0 Å². The van der Waals surface area contributed by atoms with Gasteiger partial charge in [-0.25, -0.2) is 4.52 Å². The molecule has 1 saturated carbocycles. The van der Waals surface area contributed by atoms with Gasteiger partial charge < -0.3 is 20.7 Å². The van der Waals surface area contributed by atoms with E-state index in [1.165, 1.54) is 6.20 Å². The molecule has 2 aromatic rings. The minimum Gasteiger partial charge on any atom is -0.377 e. The second kappa shape index (κ2) is 6.76. The van der Waals surface area contributed by atoms with E-state index in [-0.39, 0.29) is 23.6 Å². The molecule has 2 atom stereocenters. The lowest BCUT2D eigenvalue weighted by Gasteiger charge is -2.21. The highest BCUT2D eigenvalue weighted by Crippen LogP contribution is 2.47. The average molecular weight is 447 g/mol. The molecular weight excluding hydrogens is 428 g/mol. The van der Waals surface area contributed by atoms with Crippen molar-refractivity contribution in [1.82, 2.24) is 14.5 Å². The zero-order valence-corrected chi connectivity index (χ0v) is 16.8. The van der Waals surface area contributed by atoms with Gasteiger partial charge in [0.05, 0.1) is 41.2 Å². The number of primary amides is 1. The van der Waals surface area contributed by atoms with Crippen molar-refractivity contribution >= 4 is 38.9 Å². The highest BCUT2D eigenvalue weighted by molar-refractivity contribution is 9.10. The second-order valence-electron chi connectivity index (χ2n) is 7.21. The third-order valence-electron chi connectivity index (χ3n) is 5.43. The molecule has 2 aromatic heterocycles. The van der Waals surface area contributed by atoms with Gasteiger partial charge in [0.25, 0.3) is 5.91 Å². The van der Waals surface area contributed by atoms with Crippen LogP contribution in [0.15, 0.2) is 22.9 Å². The molecule has 2 aliphatic rings. The SMILES string of the molecule is CO[C@@H]1CN(C(=O)C2(C#N)CC2)C[C@H]1Nc1c(C(N)=O)cnn2cc(Br)cc12. The number of hydrogen-bond acceptors (Lipinski definition) is 6. The Kier molecular flexibility index (Phi) is 4.51. The number of nitrogens with two attached hydrogens (primary N) is 1. The number of nitrogens with zero attached hydrogens (tertiary/aromatic N) is 4. The summed E-state index contributed by atoms with van der Waals surface area (Å²) in [4.78, 5) is 26.3. The number of anilines is 1. The zero-order valence-electron chi connectivity index (χ0n) is 15.2. The Hall–Kier alpha value is -2.64. The predicted molar refractivity (Wildman–Crippen MR) is 103 cm³/mol. The number of rotatable bonds is 5. The van der Waals surface area contributed by atoms with Crippen LogP contribution in [-0.2, 0) is 9.53 Å². The van der Waals surface area contributed by atoms with E-state index in [0.29, 0.717) is 37.1 Å². The van der Waals surface area contributed by atoms with E-state index in [2.05, 4.69) is 32.4 Å². The summed E-state index contributed by atoms with van der Waals surface area (Å²) in [6.07, 6.45) is 4.10. The molecular formula is C18H19BrN6O3. The minimum absolute atomic E-state index is 0.151. The van der Waals surface area contributed by atoms with Crippen molar-refractivity contribution in [2.24, 2.45) is 11.1 Å². The first-order valence-electron chi connectivity index (χ1n) is 8.85. The van der Waals surface area contributed by atoms with E-state index in [1.54, 1.807) is 22.7 Å². The molecule has 1 aliphatic heterocycles. The molecule has 0 unspecified atom stereocenters. The van der Waals surface area contributed by atoms with E-state index in [0.717, 1.165) is 4.47 Å². The van der Waals surface area contributed by atoms with Gasteiger partial charge in [-0.15, -0.1) is 0 Å². The lowest BCUT2D eigenvalue weighted by molar-refractivity contribution is -0.134. The maximum absolute atomic E-state index is 12.7. The molecule has 4 rings (SSSR count). The zero-order chi connectivity index (χ0) is 20.1. The summed E-state index contributed by atoms with van der Waals surface area (Å²) in [6.45, 7) is 0.754. The van der Waals surface area contributed by atoms with Gasteiger partial charge in [0.1, 0.15) is 5.41 Å². The number of nitriles is 1. The maximum Gasteiger partial charge on any atom is 0.252 e. The van der Waals surface area contributed by atoms with Crippen LogP contribution in [0, 0.1) is 16.7 Å². The molecule has 146 valence electrons. The Morgan fingerprint density at radius 2 is 2.21 bits per heavy atom. The molecule has 0 aromatic carbocycles. The van der Waals surface area contributed by atoms with E-state index >= 15 is 0 Å². The summed E-state index contributed by atoms with van der Waals surface area (Å²) < 4.78 is 8.01. The van der Waals surface area contributed by atoms with Crippen LogP contribution in [0.1, 0.15) is 23.2 Å². The van der Waals surface area contributed by atoms with Gasteiger partial charge in [0, 0.05) is 30.9 Å².